The zero-order valence-corrected chi connectivity index (χ0v) is 13.2. The van der Waals surface area contributed by atoms with Gasteiger partial charge in [-0.2, -0.15) is 0 Å². The fraction of sp³-hybridized carbons (Fsp3) is 0.562. The van der Waals surface area contributed by atoms with E-state index in [0.717, 1.165) is 25.1 Å². The summed E-state index contributed by atoms with van der Waals surface area (Å²) in [7, 11) is 0. The molecule has 0 heterocycles. The number of nitrogens with one attached hydrogen (secondary N) is 2. The van der Waals surface area contributed by atoms with Crippen LogP contribution in [-0.2, 0) is 11.3 Å². The van der Waals surface area contributed by atoms with Gasteiger partial charge in [-0.1, -0.05) is 18.5 Å². The van der Waals surface area contributed by atoms with Gasteiger partial charge in [-0.05, 0) is 49.9 Å². The molecule has 1 aromatic rings. The lowest BCUT2D eigenvalue weighted by atomic mass is 10.2. The molecule has 0 bridgehead atoms. The quantitative estimate of drug-likeness (QED) is 0.690. The van der Waals surface area contributed by atoms with Crippen LogP contribution in [0.4, 0.5) is 0 Å². The lowest BCUT2D eigenvalue weighted by Gasteiger charge is -2.12. The maximum atomic E-state index is 11.7. The van der Waals surface area contributed by atoms with Gasteiger partial charge in [-0.25, -0.2) is 0 Å². The van der Waals surface area contributed by atoms with Gasteiger partial charge < -0.3 is 15.4 Å². The average molecular weight is 311 g/mol. The molecule has 0 radical (unpaired) electrons. The summed E-state index contributed by atoms with van der Waals surface area (Å²) < 4.78 is 5.63. The van der Waals surface area contributed by atoms with Crippen LogP contribution in [0.2, 0.25) is 5.02 Å². The fourth-order valence-corrected chi connectivity index (χ4v) is 2.20. The molecule has 1 amide bonds. The molecule has 2 N–H and O–H groups in total. The molecule has 5 heteroatoms. The van der Waals surface area contributed by atoms with Crippen molar-refractivity contribution in [3.05, 3.63) is 28.8 Å². The van der Waals surface area contributed by atoms with E-state index in [0.29, 0.717) is 23.2 Å². The van der Waals surface area contributed by atoms with Crippen LogP contribution in [0.15, 0.2) is 18.2 Å². The van der Waals surface area contributed by atoms with Crippen LogP contribution in [0.1, 0.15) is 31.7 Å². The summed E-state index contributed by atoms with van der Waals surface area (Å²) in [6, 6.07) is 5.48. The molecule has 1 aromatic carbocycles. The summed E-state index contributed by atoms with van der Waals surface area (Å²) in [4.78, 5) is 11.7. The summed E-state index contributed by atoms with van der Waals surface area (Å²) >= 11 is 6.02. The van der Waals surface area contributed by atoms with Crippen LogP contribution < -0.4 is 15.4 Å². The van der Waals surface area contributed by atoms with Crippen molar-refractivity contribution in [3.8, 4) is 5.75 Å². The molecular weight excluding hydrogens is 288 g/mol. The highest BCUT2D eigenvalue weighted by atomic mass is 35.5. The number of halogens is 1. The lowest BCUT2D eigenvalue weighted by Crippen LogP contribution is -2.30. The minimum Gasteiger partial charge on any atom is -0.483 e. The van der Waals surface area contributed by atoms with Crippen molar-refractivity contribution in [1.29, 1.82) is 0 Å². The normalized spacial score (nSPS) is 14.0. The molecule has 116 valence electrons. The van der Waals surface area contributed by atoms with Gasteiger partial charge in [0.2, 0.25) is 0 Å². The molecule has 0 aromatic heterocycles. The van der Waals surface area contributed by atoms with Gasteiger partial charge in [0.05, 0.1) is 0 Å². The first-order valence-corrected chi connectivity index (χ1v) is 7.95. The standard InChI is InChI=1S/C16H23ClN2O2/c1-2-7-18-10-13-8-14(17)5-6-15(13)21-11-16(20)19-9-12-3-4-12/h5-6,8,12,18H,2-4,7,9-11H2,1H3,(H,19,20). The van der Waals surface area contributed by atoms with Crippen molar-refractivity contribution in [2.75, 3.05) is 19.7 Å². The highest BCUT2D eigenvalue weighted by Gasteiger charge is 2.21. The molecule has 1 aliphatic rings. The first-order chi connectivity index (χ1) is 10.2. The van der Waals surface area contributed by atoms with Crippen molar-refractivity contribution >= 4 is 17.5 Å². The zero-order chi connectivity index (χ0) is 15.1. The van der Waals surface area contributed by atoms with Crippen LogP contribution in [0.3, 0.4) is 0 Å². The Labute approximate surface area is 131 Å². The number of carbonyl (C=O) groups is 1. The number of carbonyl (C=O) groups excluding carboxylic acids is 1. The maximum Gasteiger partial charge on any atom is 0.257 e. The highest BCUT2D eigenvalue weighted by molar-refractivity contribution is 6.30. The van der Waals surface area contributed by atoms with Crippen LogP contribution >= 0.6 is 11.6 Å². The van der Waals surface area contributed by atoms with Gasteiger partial charge in [0.25, 0.3) is 5.91 Å². The Hall–Kier alpha value is -1.26. The second-order valence-corrected chi connectivity index (χ2v) is 5.90. The first-order valence-electron chi connectivity index (χ1n) is 7.57. The number of ether oxygens (including phenoxy) is 1. The van der Waals surface area contributed by atoms with E-state index in [9.17, 15) is 4.79 Å². The Kier molecular flexibility index (Phi) is 6.33. The maximum absolute atomic E-state index is 11.7. The monoisotopic (exact) mass is 310 g/mol. The number of hydrogen-bond acceptors (Lipinski definition) is 3. The van der Waals surface area contributed by atoms with Gasteiger partial charge in [-0.15, -0.1) is 0 Å². The van der Waals surface area contributed by atoms with E-state index in [4.69, 9.17) is 16.3 Å². The van der Waals surface area contributed by atoms with Crippen molar-refractivity contribution in [3.63, 3.8) is 0 Å². The summed E-state index contributed by atoms with van der Waals surface area (Å²) in [5.74, 6) is 1.33. The van der Waals surface area contributed by atoms with E-state index < -0.39 is 0 Å². The van der Waals surface area contributed by atoms with Gasteiger partial charge in [0.1, 0.15) is 5.75 Å². The topological polar surface area (TPSA) is 50.4 Å². The molecule has 4 nitrogen and oxygen atoms in total. The number of rotatable bonds is 9. The third-order valence-electron chi connectivity index (χ3n) is 3.41. The minimum absolute atomic E-state index is 0.0507. The summed E-state index contributed by atoms with van der Waals surface area (Å²) in [5.41, 5.74) is 0.978. The highest BCUT2D eigenvalue weighted by Crippen LogP contribution is 2.27. The smallest absolute Gasteiger partial charge is 0.257 e. The van der Waals surface area contributed by atoms with Gasteiger partial charge in [-0.3, -0.25) is 4.79 Å². The Morgan fingerprint density at radius 2 is 2.24 bits per heavy atom. The van der Waals surface area contributed by atoms with Crippen molar-refractivity contribution < 1.29 is 9.53 Å². The fourth-order valence-electron chi connectivity index (χ4n) is 2.00. The second-order valence-electron chi connectivity index (χ2n) is 5.46. The predicted octanol–water partition coefficient (Wildman–Crippen LogP) is 2.74. The van der Waals surface area contributed by atoms with Crippen molar-refractivity contribution in [1.82, 2.24) is 10.6 Å². The van der Waals surface area contributed by atoms with Crippen molar-refractivity contribution in [2.45, 2.75) is 32.7 Å². The van der Waals surface area contributed by atoms with Crippen LogP contribution in [-0.4, -0.2) is 25.6 Å². The molecule has 21 heavy (non-hydrogen) atoms. The van der Waals surface area contributed by atoms with E-state index in [1.807, 2.05) is 12.1 Å². The number of amides is 1. The van der Waals surface area contributed by atoms with Crippen LogP contribution in [0.5, 0.6) is 5.75 Å². The molecule has 1 saturated carbocycles. The molecule has 0 saturated heterocycles. The van der Waals surface area contributed by atoms with Crippen LogP contribution in [0, 0.1) is 5.92 Å². The first kappa shape index (κ1) is 16.1. The van der Waals surface area contributed by atoms with E-state index in [-0.39, 0.29) is 12.5 Å². The van der Waals surface area contributed by atoms with Gasteiger partial charge >= 0.3 is 0 Å². The largest absolute Gasteiger partial charge is 0.483 e. The van der Waals surface area contributed by atoms with E-state index in [1.165, 1.54) is 12.8 Å². The Balaban J connectivity index is 1.83. The zero-order valence-electron chi connectivity index (χ0n) is 12.5. The molecule has 0 unspecified atom stereocenters. The van der Waals surface area contributed by atoms with Crippen molar-refractivity contribution in [2.24, 2.45) is 5.92 Å². The summed E-state index contributed by atoms with van der Waals surface area (Å²) in [6.45, 7) is 4.57. The Morgan fingerprint density at radius 3 is 2.95 bits per heavy atom. The molecular formula is C16H23ClN2O2. The van der Waals surface area contributed by atoms with Gasteiger partial charge in [0.15, 0.2) is 6.61 Å². The molecule has 0 aliphatic heterocycles. The van der Waals surface area contributed by atoms with Crippen LogP contribution in [0.25, 0.3) is 0 Å². The Morgan fingerprint density at radius 1 is 1.43 bits per heavy atom. The lowest BCUT2D eigenvalue weighted by molar-refractivity contribution is -0.123. The third-order valence-corrected chi connectivity index (χ3v) is 3.64. The summed E-state index contributed by atoms with van der Waals surface area (Å²) in [6.07, 6.45) is 3.53. The Bertz CT molecular complexity index is 475. The second kappa shape index (κ2) is 8.25. The average Bonchev–Trinajstić information content (AvgIpc) is 3.29. The predicted molar refractivity (Wildman–Crippen MR) is 84.7 cm³/mol. The SMILES string of the molecule is CCCNCc1cc(Cl)ccc1OCC(=O)NCC1CC1. The van der Waals surface area contributed by atoms with E-state index in [2.05, 4.69) is 17.6 Å². The van der Waals surface area contributed by atoms with E-state index >= 15 is 0 Å². The molecule has 1 fully saturated rings. The molecule has 0 spiro atoms. The van der Waals surface area contributed by atoms with Gasteiger partial charge in [0, 0.05) is 23.7 Å². The number of benzene rings is 1. The van der Waals surface area contributed by atoms with E-state index in [1.54, 1.807) is 6.07 Å². The summed E-state index contributed by atoms with van der Waals surface area (Å²) in [5, 5.41) is 6.88. The third kappa shape index (κ3) is 5.94. The molecule has 1 aliphatic carbocycles. The molecule has 2 rings (SSSR count). The molecule has 0 atom stereocenters. The minimum atomic E-state index is -0.0654. The number of hydrogen-bond donors (Lipinski definition) is 2.